The number of hydrogen-bond acceptors (Lipinski definition) is 4. The van der Waals surface area contributed by atoms with Crippen molar-refractivity contribution in [1.29, 1.82) is 0 Å². The number of β-amino-alcohol motifs (C(OH)–C–C–N with tert-alkyl or cyclic N) is 1. The van der Waals surface area contributed by atoms with Crippen molar-refractivity contribution < 1.29 is 9.84 Å². The van der Waals surface area contributed by atoms with Gasteiger partial charge < -0.3 is 9.84 Å². The fourth-order valence-electron chi connectivity index (χ4n) is 0.585. The molecule has 1 heterocycles. The van der Waals surface area contributed by atoms with Crippen molar-refractivity contribution in [2.75, 3.05) is 13.2 Å². The average Bonchev–Trinajstić information content (AvgIpc) is 1.77. The van der Waals surface area contributed by atoms with Crippen molar-refractivity contribution in [3.8, 4) is 0 Å². The number of aliphatic hydroxyl groups is 1. The second kappa shape index (κ2) is 2.41. The Balaban J connectivity index is 2.19. The molecule has 1 fully saturated rings. The molecule has 1 rings (SSSR count). The Morgan fingerprint density at radius 2 is 2.50 bits per heavy atom. The van der Waals surface area contributed by atoms with Gasteiger partial charge in [0.2, 0.25) is 0 Å². The lowest BCUT2D eigenvalue weighted by atomic mass is 10.3. The van der Waals surface area contributed by atoms with E-state index in [2.05, 4.69) is 5.32 Å². The maximum Gasteiger partial charge on any atom is 0.161 e. The largest absolute Gasteiger partial charge is 0.389 e. The molecule has 0 aliphatic carbocycles. The SMILES string of the molecule is NC1NC[C@H](O)CO1. The number of rotatable bonds is 0. The van der Waals surface area contributed by atoms with Crippen LogP contribution in [0.5, 0.6) is 0 Å². The van der Waals surface area contributed by atoms with E-state index in [-0.39, 0.29) is 0 Å². The van der Waals surface area contributed by atoms with Crippen molar-refractivity contribution in [1.82, 2.24) is 5.32 Å². The van der Waals surface area contributed by atoms with Crippen LogP contribution in [0, 0.1) is 0 Å². The van der Waals surface area contributed by atoms with Gasteiger partial charge in [0.1, 0.15) is 0 Å². The fraction of sp³-hybridized carbons (Fsp3) is 1.00. The van der Waals surface area contributed by atoms with Gasteiger partial charge in [-0.05, 0) is 0 Å². The molecule has 0 saturated carbocycles. The molecule has 8 heavy (non-hydrogen) atoms. The van der Waals surface area contributed by atoms with Gasteiger partial charge in [-0.25, -0.2) is 0 Å². The third-order valence-electron chi connectivity index (χ3n) is 1.02. The number of ether oxygens (including phenoxy) is 1. The molecule has 4 nitrogen and oxygen atoms in total. The van der Waals surface area contributed by atoms with Gasteiger partial charge in [0, 0.05) is 6.54 Å². The van der Waals surface area contributed by atoms with Crippen LogP contribution in [0.3, 0.4) is 0 Å². The molecule has 0 aromatic heterocycles. The van der Waals surface area contributed by atoms with Gasteiger partial charge in [-0.2, -0.15) is 0 Å². The Kier molecular flexibility index (Phi) is 1.80. The first kappa shape index (κ1) is 5.97. The summed E-state index contributed by atoms with van der Waals surface area (Å²) in [6, 6.07) is 0. The molecule has 0 amide bonds. The molecule has 0 aromatic rings. The fourth-order valence-corrected chi connectivity index (χ4v) is 0.585. The van der Waals surface area contributed by atoms with Gasteiger partial charge in [0.15, 0.2) is 6.35 Å². The van der Waals surface area contributed by atoms with Crippen LogP contribution in [0.1, 0.15) is 0 Å². The van der Waals surface area contributed by atoms with Crippen LogP contribution in [0.15, 0.2) is 0 Å². The Morgan fingerprint density at radius 1 is 1.75 bits per heavy atom. The van der Waals surface area contributed by atoms with Crippen molar-refractivity contribution in [3.63, 3.8) is 0 Å². The lowest BCUT2D eigenvalue weighted by molar-refractivity contribution is -0.0600. The molecule has 4 N–H and O–H groups in total. The highest BCUT2D eigenvalue weighted by molar-refractivity contribution is 4.63. The van der Waals surface area contributed by atoms with Crippen LogP contribution in [0.4, 0.5) is 0 Å². The number of aliphatic hydroxyl groups excluding tert-OH is 1. The topological polar surface area (TPSA) is 67.5 Å². The summed E-state index contributed by atoms with van der Waals surface area (Å²) in [7, 11) is 0. The van der Waals surface area contributed by atoms with E-state index in [4.69, 9.17) is 15.6 Å². The average molecular weight is 118 g/mol. The Morgan fingerprint density at radius 3 is 2.88 bits per heavy atom. The zero-order valence-corrected chi connectivity index (χ0v) is 4.50. The van der Waals surface area contributed by atoms with Gasteiger partial charge in [0.25, 0.3) is 0 Å². The van der Waals surface area contributed by atoms with E-state index < -0.39 is 12.5 Å². The summed E-state index contributed by atoms with van der Waals surface area (Å²) < 4.78 is 4.81. The molecule has 0 aromatic carbocycles. The zero-order chi connectivity index (χ0) is 5.98. The Hall–Kier alpha value is -0.160. The molecular weight excluding hydrogens is 108 g/mol. The highest BCUT2D eigenvalue weighted by Crippen LogP contribution is 1.91. The van der Waals surface area contributed by atoms with Crippen LogP contribution in [-0.2, 0) is 4.74 Å². The van der Waals surface area contributed by atoms with E-state index in [1.54, 1.807) is 0 Å². The van der Waals surface area contributed by atoms with Crippen molar-refractivity contribution in [2.24, 2.45) is 5.73 Å². The predicted octanol–water partition coefficient (Wildman–Crippen LogP) is -1.79. The van der Waals surface area contributed by atoms with Crippen LogP contribution in [0.25, 0.3) is 0 Å². The molecule has 1 unspecified atom stereocenters. The number of hydrogen-bond donors (Lipinski definition) is 3. The van der Waals surface area contributed by atoms with E-state index >= 15 is 0 Å². The normalized spacial score (nSPS) is 39.8. The summed E-state index contributed by atoms with van der Waals surface area (Å²) >= 11 is 0. The quantitative estimate of drug-likeness (QED) is 0.351. The molecule has 1 saturated heterocycles. The minimum atomic E-state index is -0.394. The number of nitrogens with two attached hydrogens (primary N) is 1. The molecule has 1 aliphatic rings. The standard InChI is InChI=1S/C4H10N2O2/c5-4-6-1-3(7)2-8-4/h3-4,6-7H,1-2,5H2/t3-,4?/m0/s1. The van der Waals surface area contributed by atoms with Gasteiger partial charge in [-0.1, -0.05) is 0 Å². The lowest BCUT2D eigenvalue weighted by Crippen LogP contribution is -2.50. The van der Waals surface area contributed by atoms with Gasteiger partial charge in [-0.15, -0.1) is 0 Å². The summed E-state index contributed by atoms with van der Waals surface area (Å²) in [5.74, 6) is 0. The van der Waals surface area contributed by atoms with Crippen LogP contribution >= 0.6 is 0 Å². The second-order valence-electron chi connectivity index (χ2n) is 1.82. The molecule has 4 heteroatoms. The first-order valence-electron chi connectivity index (χ1n) is 2.57. The second-order valence-corrected chi connectivity index (χ2v) is 1.82. The molecule has 2 atom stereocenters. The van der Waals surface area contributed by atoms with Gasteiger partial charge in [-0.3, -0.25) is 11.1 Å². The van der Waals surface area contributed by atoms with Gasteiger partial charge >= 0.3 is 0 Å². The first-order valence-corrected chi connectivity index (χ1v) is 2.57. The summed E-state index contributed by atoms with van der Waals surface area (Å²) in [5.41, 5.74) is 5.25. The highest BCUT2D eigenvalue weighted by atomic mass is 16.5. The predicted molar refractivity (Wildman–Crippen MR) is 27.9 cm³/mol. The maximum atomic E-state index is 8.78. The van der Waals surface area contributed by atoms with E-state index in [0.717, 1.165) is 0 Å². The molecular formula is C4H10N2O2. The van der Waals surface area contributed by atoms with E-state index in [1.165, 1.54) is 0 Å². The minimum absolute atomic E-state index is 0.341. The van der Waals surface area contributed by atoms with Crippen LogP contribution in [0.2, 0.25) is 0 Å². The van der Waals surface area contributed by atoms with Crippen molar-refractivity contribution in [3.05, 3.63) is 0 Å². The molecule has 48 valence electrons. The third kappa shape index (κ3) is 1.41. The lowest BCUT2D eigenvalue weighted by Gasteiger charge is -2.23. The van der Waals surface area contributed by atoms with Crippen molar-refractivity contribution >= 4 is 0 Å². The molecule has 0 bridgehead atoms. The molecule has 1 aliphatic heterocycles. The summed E-state index contributed by atoms with van der Waals surface area (Å²) in [6.07, 6.45) is -0.784. The molecule has 0 spiro atoms. The smallest absolute Gasteiger partial charge is 0.161 e. The Labute approximate surface area is 47.6 Å². The Bertz CT molecular complexity index is 60.4. The summed E-state index contributed by atoms with van der Waals surface area (Å²) in [5, 5.41) is 11.5. The van der Waals surface area contributed by atoms with Crippen LogP contribution < -0.4 is 11.1 Å². The first-order chi connectivity index (χ1) is 3.79. The van der Waals surface area contributed by atoms with E-state index in [0.29, 0.717) is 13.2 Å². The number of nitrogens with one attached hydrogen (secondary N) is 1. The highest BCUT2D eigenvalue weighted by Gasteiger charge is 2.14. The summed E-state index contributed by atoms with van der Waals surface area (Å²) in [4.78, 5) is 0. The van der Waals surface area contributed by atoms with Gasteiger partial charge in [0.05, 0.1) is 12.7 Å². The van der Waals surface area contributed by atoms with Crippen molar-refractivity contribution in [2.45, 2.75) is 12.5 Å². The van der Waals surface area contributed by atoms with E-state index in [1.807, 2.05) is 0 Å². The third-order valence-corrected chi connectivity index (χ3v) is 1.02. The minimum Gasteiger partial charge on any atom is -0.389 e. The monoisotopic (exact) mass is 118 g/mol. The maximum absolute atomic E-state index is 8.78. The summed E-state index contributed by atoms with van der Waals surface area (Å²) in [6.45, 7) is 0.870. The van der Waals surface area contributed by atoms with E-state index in [9.17, 15) is 0 Å². The van der Waals surface area contributed by atoms with Crippen LogP contribution in [-0.4, -0.2) is 30.7 Å². The zero-order valence-electron chi connectivity index (χ0n) is 4.50. The molecule has 0 radical (unpaired) electrons.